The molecule has 0 saturated heterocycles. The summed E-state index contributed by atoms with van der Waals surface area (Å²) in [7, 11) is 0. The van der Waals surface area contributed by atoms with Crippen molar-refractivity contribution < 1.29 is 4.79 Å². The number of carbonyl (C=O) groups excluding carboxylic acids is 1. The van der Waals surface area contributed by atoms with Gasteiger partial charge in [-0.05, 0) is 26.8 Å². The van der Waals surface area contributed by atoms with E-state index in [1.807, 2.05) is 57.2 Å². The lowest BCUT2D eigenvalue weighted by atomic mass is 10.1. The predicted octanol–water partition coefficient (Wildman–Crippen LogP) is 4.26. The molecule has 0 saturated carbocycles. The van der Waals surface area contributed by atoms with Crippen LogP contribution in [0.25, 0.3) is 11.3 Å². The van der Waals surface area contributed by atoms with Crippen molar-refractivity contribution in [1.29, 1.82) is 0 Å². The monoisotopic (exact) mass is 370 g/mol. The minimum atomic E-state index is -0.110. The molecule has 2 aromatic heterocycles. The summed E-state index contributed by atoms with van der Waals surface area (Å²) in [6.45, 7) is 5.85. The summed E-state index contributed by atoms with van der Waals surface area (Å²) in [6.07, 6.45) is 0. The van der Waals surface area contributed by atoms with Gasteiger partial charge in [0.15, 0.2) is 10.3 Å². The van der Waals surface area contributed by atoms with Crippen molar-refractivity contribution in [2.24, 2.45) is 0 Å². The van der Waals surface area contributed by atoms with Crippen molar-refractivity contribution in [3.63, 3.8) is 0 Å². The van der Waals surface area contributed by atoms with E-state index in [4.69, 9.17) is 0 Å². The van der Waals surface area contributed by atoms with Crippen LogP contribution in [0.15, 0.2) is 41.6 Å². The van der Waals surface area contributed by atoms with E-state index >= 15 is 0 Å². The van der Waals surface area contributed by atoms with Crippen LogP contribution in [0, 0.1) is 20.8 Å². The van der Waals surface area contributed by atoms with Crippen LogP contribution in [-0.2, 0) is 4.79 Å². The average Bonchev–Trinajstić information content (AvgIpc) is 2.93. The third-order valence-corrected chi connectivity index (χ3v) is 5.12. The minimum Gasteiger partial charge on any atom is -0.301 e. The van der Waals surface area contributed by atoms with Gasteiger partial charge < -0.3 is 5.32 Å². The lowest BCUT2D eigenvalue weighted by molar-refractivity contribution is -0.113. The van der Waals surface area contributed by atoms with E-state index in [1.54, 1.807) is 0 Å². The standard InChI is InChI=1S/C18H18N4OS2/c1-11-9-12(2)20-17(19-11)24-10-15(23)21-18-22-16(13(3)25-18)14-7-5-4-6-8-14/h4-9H,10H2,1-3H3,(H,21,22,23). The molecule has 0 unspecified atom stereocenters. The van der Waals surface area contributed by atoms with Crippen LogP contribution in [0.3, 0.4) is 0 Å². The van der Waals surface area contributed by atoms with Crippen LogP contribution in [0.1, 0.15) is 16.3 Å². The number of aromatic nitrogens is 3. The Labute approximate surface area is 155 Å². The van der Waals surface area contributed by atoms with Gasteiger partial charge in [0.1, 0.15) is 0 Å². The van der Waals surface area contributed by atoms with Gasteiger partial charge in [0.05, 0.1) is 11.4 Å². The van der Waals surface area contributed by atoms with E-state index < -0.39 is 0 Å². The second-order valence-electron chi connectivity index (χ2n) is 5.56. The average molecular weight is 371 g/mol. The summed E-state index contributed by atoms with van der Waals surface area (Å²) in [5.41, 5.74) is 3.76. The maximum atomic E-state index is 12.2. The van der Waals surface area contributed by atoms with Gasteiger partial charge in [-0.3, -0.25) is 4.79 Å². The number of nitrogens with zero attached hydrogens (tertiary/aromatic N) is 3. The molecule has 3 rings (SSSR count). The maximum absolute atomic E-state index is 12.2. The molecule has 0 spiro atoms. The first-order chi connectivity index (χ1) is 12.0. The summed E-state index contributed by atoms with van der Waals surface area (Å²) in [4.78, 5) is 26.5. The highest BCUT2D eigenvalue weighted by Gasteiger charge is 2.12. The Morgan fingerprint density at radius 3 is 2.44 bits per heavy atom. The van der Waals surface area contributed by atoms with Crippen LogP contribution in [-0.4, -0.2) is 26.6 Å². The van der Waals surface area contributed by atoms with Gasteiger partial charge in [-0.25, -0.2) is 15.0 Å². The number of rotatable bonds is 5. The molecule has 0 aliphatic carbocycles. The Bertz CT molecular complexity index is 873. The molecular weight excluding hydrogens is 352 g/mol. The Balaban J connectivity index is 1.63. The molecule has 1 N–H and O–H groups in total. The summed E-state index contributed by atoms with van der Waals surface area (Å²) < 4.78 is 0. The van der Waals surface area contributed by atoms with Crippen LogP contribution in [0.5, 0.6) is 0 Å². The van der Waals surface area contributed by atoms with Crippen LogP contribution >= 0.6 is 23.1 Å². The van der Waals surface area contributed by atoms with E-state index in [2.05, 4.69) is 20.3 Å². The maximum Gasteiger partial charge on any atom is 0.236 e. The van der Waals surface area contributed by atoms with Gasteiger partial charge in [0, 0.05) is 21.8 Å². The molecule has 3 aromatic rings. The van der Waals surface area contributed by atoms with Crippen molar-refractivity contribution in [2.75, 3.05) is 11.1 Å². The molecule has 0 radical (unpaired) electrons. The molecule has 0 fully saturated rings. The third kappa shape index (κ3) is 4.64. The highest BCUT2D eigenvalue weighted by Crippen LogP contribution is 2.30. The number of benzene rings is 1. The van der Waals surface area contributed by atoms with Crippen LogP contribution in [0.2, 0.25) is 0 Å². The summed E-state index contributed by atoms with van der Waals surface area (Å²) >= 11 is 2.81. The van der Waals surface area contributed by atoms with E-state index in [1.165, 1.54) is 23.1 Å². The van der Waals surface area contributed by atoms with E-state index in [0.29, 0.717) is 10.3 Å². The number of carbonyl (C=O) groups is 1. The first kappa shape index (κ1) is 17.6. The number of thiazole rings is 1. The largest absolute Gasteiger partial charge is 0.301 e. The number of aryl methyl sites for hydroxylation is 3. The van der Waals surface area contributed by atoms with E-state index in [9.17, 15) is 4.79 Å². The fourth-order valence-electron chi connectivity index (χ4n) is 2.36. The van der Waals surface area contributed by atoms with Gasteiger partial charge in [-0.15, -0.1) is 11.3 Å². The van der Waals surface area contributed by atoms with E-state index in [-0.39, 0.29) is 11.7 Å². The quantitative estimate of drug-likeness (QED) is 0.537. The topological polar surface area (TPSA) is 67.8 Å². The minimum absolute atomic E-state index is 0.110. The van der Waals surface area contributed by atoms with Gasteiger partial charge in [-0.2, -0.15) is 0 Å². The van der Waals surface area contributed by atoms with Crippen molar-refractivity contribution in [1.82, 2.24) is 15.0 Å². The van der Waals surface area contributed by atoms with Gasteiger partial charge >= 0.3 is 0 Å². The third-order valence-electron chi connectivity index (χ3n) is 3.38. The van der Waals surface area contributed by atoms with Crippen molar-refractivity contribution >= 4 is 34.1 Å². The summed E-state index contributed by atoms with van der Waals surface area (Å²) in [5.74, 6) is 0.142. The van der Waals surface area contributed by atoms with Crippen LogP contribution in [0.4, 0.5) is 5.13 Å². The van der Waals surface area contributed by atoms with Crippen LogP contribution < -0.4 is 5.32 Å². The molecule has 1 aromatic carbocycles. The molecule has 25 heavy (non-hydrogen) atoms. The Morgan fingerprint density at radius 2 is 1.76 bits per heavy atom. The second-order valence-corrected chi connectivity index (χ2v) is 7.71. The number of hydrogen-bond acceptors (Lipinski definition) is 6. The van der Waals surface area contributed by atoms with Crippen molar-refractivity contribution in [3.8, 4) is 11.3 Å². The van der Waals surface area contributed by atoms with Crippen molar-refractivity contribution in [2.45, 2.75) is 25.9 Å². The number of thioether (sulfide) groups is 1. The lowest BCUT2D eigenvalue weighted by Crippen LogP contribution is -2.14. The molecular formula is C18H18N4OS2. The number of nitrogens with one attached hydrogen (secondary N) is 1. The SMILES string of the molecule is Cc1cc(C)nc(SCC(=O)Nc2nc(-c3ccccc3)c(C)s2)n1. The Morgan fingerprint density at radius 1 is 1.08 bits per heavy atom. The first-order valence-corrected chi connectivity index (χ1v) is 9.59. The van der Waals surface area contributed by atoms with Gasteiger partial charge in [-0.1, -0.05) is 42.1 Å². The fraction of sp³-hybridized carbons (Fsp3) is 0.222. The van der Waals surface area contributed by atoms with E-state index in [0.717, 1.165) is 27.5 Å². The number of anilines is 1. The highest BCUT2D eigenvalue weighted by molar-refractivity contribution is 7.99. The first-order valence-electron chi connectivity index (χ1n) is 7.79. The second kappa shape index (κ2) is 7.76. The number of hydrogen-bond donors (Lipinski definition) is 1. The fourth-order valence-corrected chi connectivity index (χ4v) is 3.96. The molecule has 0 aliphatic rings. The van der Waals surface area contributed by atoms with Crippen molar-refractivity contribution in [3.05, 3.63) is 52.7 Å². The van der Waals surface area contributed by atoms with Gasteiger partial charge in [0.25, 0.3) is 0 Å². The zero-order valence-corrected chi connectivity index (χ0v) is 15.9. The predicted molar refractivity (Wildman–Crippen MR) is 103 cm³/mol. The molecule has 0 aliphatic heterocycles. The molecule has 0 bridgehead atoms. The number of amides is 1. The Hall–Kier alpha value is -2.25. The molecule has 0 atom stereocenters. The summed E-state index contributed by atoms with van der Waals surface area (Å²) in [6, 6.07) is 11.9. The smallest absolute Gasteiger partial charge is 0.236 e. The molecule has 2 heterocycles. The molecule has 5 nitrogen and oxygen atoms in total. The zero-order chi connectivity index (χ0) is 17.8. The normalized spacial score (nSPS) is 10.7. The Kier molecular flexibility index (Phi) is 5.45. The highest BCUT2D eigenvalue weighted by atomic mass is 32.2. The zero-order valence-electron chi connectivity index (χ0n) is 14.2. The lowest BCUT2D eigenvalue weighted by Gasteiger charge is -2.03. The van der Waals surface area contributed by atoms with Gasteiger partial charge in [0.2, 0.25) is 5.91 Å². The molecule has 7 heteroatoms. The summed E-state index contributed by atoms with van der Waals surface area (Å²) in [5, 5.41) is 4.10. The molecule has 1 amide bonds. The molecule has 128 valence electrons.